The molecule has 0 spiro atoms. The summed E-state index contributed by atoms with van der Waals surface area (Å²) in [5.74, 6) is -1.62. The predicted molar refractivity (Wildman–Crippen MR) is 64.6 cm³/mol. The Bertz CT molecular complexity index is 635. The molecule has 3 rings (SSSR count). The first-order valence-electron chi connectivity index (χ1n) is 5.84. The number of carbonyl (C=O) groups is 1. The summed E-state index contributed by atoms with van der Waals surface area (Å²) in [5, 5.41) is 9.96. The third-order valence-corrected chi connectivity index (χ3v) is 3.59. The summed E-state index contributed by atoms with van der Waals surface area (Å²) in [4.78, 5) is 14.1. The molecular weight excluding hydrogens is 235 g/mol. The first kappa shape index (κ1) is 11.2. The smallest absolute Gasteiger partial charge is 0.306 e. The normalized spacial score (nSPS) is 23.0. The minimum atomic E-state index is -0.832. The molecule has 0 saturated carbocycles. The molecule has 1 aromatic carbocycles. The number of aromatic nitrogens is 1. The highest BCUT2D eigenvalue weighted by molar-refractivity contribution is 5.86. The third-order valence-electron chi connectivity index (χ3n) is 3.59. The molecule has 0 bridgehead atoms. The summed E-state index contributed by atoms with van der Waals surface area (Å²) < 4.78 is 13.2. The maximum absolute atomic E-state index is 13.2. The van der Waals surface area contributed by atoms with Crippen LogP contribution in [0.3, 0.4) is 0 Å². The highest BCUT2D eigenvalue weighted by Gasteiger charge is 2.31. The lowest BCUT2D eigenvalue weighted by molar-refractivity contribution is -0.142. The fourth-order valence-electron chi connectivity index (χ4n) is 2.77. The average molecular weight is 248 g/mol. The van der Waals surface area contributed by atoms with Crippen LogP contribution in [0.5, 0.6) is 0 Å². The van der Waals surface area contributed by atoms with Gasteiger partial charge in [0.15, 0.2) is 0 Å². The summed E-state index contributed by atoms with van der Waals surface area (Å²) in [6.45, 7) is 0. The van der Waals surface area contributed by atoms with Gasteiger partial charge in [0.2, 0.25) is 0 Å². The standard InChI is InChI=1S/C13H13FN2O2/c14-7-1-2-8-10(5-7)16-11-4-6(13(17)18)3-9(15)12(8)11/h1-2,5-6,9,16H,3-4,15H2,(H,17,18). The van der Waals surface area contributed by atoms with Crippen molar-refractivity contribution < 1.29 is 14.3 Å². The van der Waals surface area contributed by atoms with Crippen LogP contribution in [0.2, 0.25) is 0 Å². The number of nitrogens with one attached hydrogen (secondary N) is 1. The quantitative estimate of drug-likeness (QED) is 0.721. The predicted octanol–water partition coefficient (Wildman–Crippen LogP) is 1.95. The molecule has 0 saturated heterocycles. The number of rotatable bonds is 1. The summed E-state index contributed by atoms with van der Waals surface area (Å²) in [7, 11) is 0. The molecule has 2 unspecified atom stereocenters. The summed E-state index contributed by atoms with van der Waals surface area (Å²) in [5.41, 5.74) is 8.48. The van der Waals surface area contributed by atoms with E-state index in [2.05, 4.69) is 4.98 Å². The van der Waals surface area contributed by atoms with Crippen molar-refractivity contribution in [2.45, 2.75) is 18.9 Å². The summed E-state index contributed by atoms with van der Waals surface area (Å²) >= 11 is 0. The molecule has 94 valence electrons. The number of carboxylic acid groups (broad SMARTS) is 1. The number of H-pyrrole nitrogens is 1. The van der Waals surface area contributed by atoms with Gasteiger partial charge in [-0.1, -0.05) is 0 Å². The van der Waals surface area contributed by atoms with Gasteiger partial charge in [-0.25, -0.2) is 4.39 Å². The lowest BCUT2D eigenvalue weighted by Gasteiger charge is -2.24. The van der Waals surface area contributed by atoms with Gasteiger partial charge in [-0.15, -0.1) is 0 Å². The van der Waals surface area contributed by atoms with Crippen LogP contribution in [0.15, 0.2) is 18.2 Å². The topological polar surface area (TPSA) is 79.1 Å². The van der Waals surface area contributed by atoms with E-state index in [1.54, 1.807) is 6.07 Å². The Morgan fingerprint density at radius 3 is 3.00 bits per heavy atom. The molecule has 4 nitrogen and oxygen atoms in total. The van der Waals surface area contributed by atoms with Gasteiger partial charge in [-0.3, -0.25) is 4.79 Å². The Morgan fingerprint density at radius 1 is 1.50 bits per heavy atom. The van der Waals surface area contributed by atoms with Crippen LogP contribution in [0.1, 0.15) is 23.7 Å². The van der Waals surface area contributed by atoms with Crippen molar-refractivity contribution in [2.75, 3.05) is 0 Å². The van der Waals surface area contributed by atoms with Gasteiger partial charge < -0.3 is 15.8 Å². The number of nitrogens with two attached hydrogens (primary N) is 1. The molecule has 0 amide bonds. The Morgan fingerprint density at radius 2 is 2.28 bits per heavy atom. The molecule has 1 aliphatic rings. The number of aromatic amines is 1. The molecule has 0 fully saturated rings. The number of hydrogen-bond acceptors (Lipinski definition) is 2. The number of aliphatic carboxylic acids is 1. The maximum atomic E-state index is 13.2. The number of fused-ring (bicyclic) bond motifs is 3. The Labute approximate surface area is 103 Å². The van der Waals surface area contributed by atoms with Gasteiger partial charge in [0.1, 0.15) is 5.82 Å². The molecule has 1 aromatic heterocycles. The highest BCUT2D eigenvalue weighted by Crippen LogP contribution is 2.36. The van der Waals surface area contributed by atoms with Gasteiger partial charge in [0.05, 0.1) is 5.92 Å². The van der Waals surface area contributed by atoms with E-state index in [1.807, 2.05) is 0 Å². The fraction of sp³-hybridized carbons (Fsp3) is 0.308. The largest absolute Gasteiger partial charge is 0.481 e. The van der Waals surface area contributed by atoms with E-state index in [0.717, 1.165) is 16.6 Å². The zero-order valence-electron chi connectivity index (χ0n) is 9.61. The molecule has 1 aliphatic carbocycles. The van der Waals surface area contributed by atoms with E-state index in [0.29, 0.717) is 18.4 Å². The van der Waals surface area contributed by atoms with Gasteiger partial charge in [-0.2, -0.15) is 0 Å². The fourth-order valence-corrected chi connectivity index (χ4v) is 2.77. The van der Waals surface area contributed by atoms with Crippen molar-refractivity contribution in [2.24, 2.45) is 11.7 Å². The second-order valence-corrected chi connectivity index (χ2v) is 4.79. The number of carboxylic acids is 1. The maximum Gasteiger partial charge on any atom is 0.306 e. The SMILES string of the molecule is NC1CC(C(=O)O)Cc2[nH]c3cc(F)ccc3c21. The summed E-state index contributed by atoms with van der Waals surface area (Å²) in [6.07, 6.45) is 0.849. The van der Waals surface area contributed by atoms with E-state index in [1.165, 1.54) is 12.1 Å². The third kappa shape index (κ3) is 1.59. The van der Waals surface area contributed by atoms with Crippen LogP contribution in [0.25, 0.3) is 10.9 Å². The summed E-state index contributed by atoms with van der Waals surface area (Å²) in [6, 6.07) is 4.19. The average Bonchev–Trinajstić information content (AvgIpc) is 2.66. The Kier molecular flexibility index (Phi) is 2.38. The zero-order chi connectivity index (χ0) is 12.9. The monoisotopic (exact) mass is 248 g/mol. The van der Waals surface area contributed by atoms with Crippen LogP contribution in [-0.4, -0.2) is 16.1 Å². The van der Waals surface area contributed by atoms with Crippen LogP contribution in [0.4, 0.5) is 4.39 Å². The second-order valence-electron chi connectivity index (χ2n) is 4.79. The molecular formula is C13H13FN2O2. The van der Waals surface area contributed by atoms with E-state index in [9.17, 15) is 9.18 Å². The zero-order valence-corrected chi connectivity index (χ0v) is 9.61. The number of benzene rings is 1. The van der Waals surface area contributed by atoms with Crippen molar-refractivity contribution in [3.8, 4) is 0 Å². The molecule has 1 heterocycles. The Balaban J connectivity index is 2.15. The molecule has 18 heavy (non-hydrogen) atoms. The van der Waals surface area contributed by atoms with Crippen molar-refractivity contribution in [1.82, 2.24) is 4.98 Å². The highest BCUT2D eigenvalue weighted by atomic mass is 19.1. The molecule has 5 heteroatoms. The van der Waals surface area contributed by atoms with E-state index < -0.39 is 11.9 Å². The molecule has 4 N–H and O–H groups in total. The minimum absolute atomic E-state index is 0.311. The first-order valence-corrected chi connectivity index (χ1v) is 5.84. The van der Waals surface area contributed by atoms with Crippen molar-refractivity contribution in [3.63, 3.8) is 0 Å². The second kappa shape index (κ2) is 3.81. The number of halogens is 1. The first-order chi connectivity index (χ1) is 8.56. The van der Waals surface area contributed by atoms with Gasteiger partial charge in [0.25, 0.3) is 0 Å². The van der Waals surface area contributed by atoms with E-state index in [-0.39, 0.29) is 11.9 Å². The van der Waals surface area contributed by atoms with Crippen LogP contribution >= 0.6 is 0 Å². The van der Waals surface area contributed by atoms with Gasteiger partial charge in [0, 0.05) is 29.1 Å². The lowest BCUT2D eigenvalue weighted by atomic mass is 9.84. The van der Waals surface area contributed by atoms with Crippen LogP contribution in [0, 0.1) is 11.7 Å². The van der Waals surface area contributed by atoms with E-state index in [4.69, 9.17) is 10.8 Å². The van der Waals surface area contributed by atoms with Crippen molar-refractivity contribution in [1.29, 1.82) is 0 Å². The molecule has 0 aliphatic heterocycles. The minimum Gasteiger partial charge on any atom is -0.481 e. The van der Waals surface area contributed by atoms with E-state index >= 15 is 0 Å². The van der Waals surface area contributed by atoms with Crippen LogP contribution in [-0.2, 0) is 11.2 Å². The van der Waals surface area contributed by atoms with Crippen molar-refractivity contribution >= 4 is 16.9 Å². The number of hydrogen-bond donors (Lipinski definition) is 3. The lowest BCUT2D eigenvalue weighted by Crippen LogP contribution is -2.28. The van der Waals surface area contributed by atoms with Gasteiger partial charge in [-0.05, 0) is 30.2 Å². The molecule has 0 radical (unpaired) electrons. The van der Waals surface area contributed by atoms with Crippen molar-refractivity contribution in [3.05, 3.63) is 35.3 Å². The van der Waals surface area contributed by atoms with Gasteiger partial charge >= 0.3 is 5.97 Å². The molecule has 2 atom stereocenters. The Hall–Kier alpha value is -1.88. The molecule has 2 aromatic rings. The van der Waals surface area contributed by atoms with Crippen LogP contribution < -0.4 is 5.73 Å².